The van der Waals surface area contributed by atoms with Crippen molar-refractivity contribution in [3.05, 3.63) is 0 Å². The van der Waals surface area contributed by atoms with E-state index in [1.54, 1.807) is 6.92 Å². The third-order valence-electron chi connectivity index (χ3n) is 2.10. The van der Waals surface area contributed by atoms with E-state index in [1.165, 1.54) is 7.11 Å². The monoisotopic (exact) mass is 175 g/mol. The van der Waals surface area contributed by atoms with Crippen LogP contribution in [0.4, 0.5) is 0 Å². The van der Waals surface area contributed by atoms with Gasteiger partial charge in [0, 0.05) is 6.04 Å². The molecule has 0 spiro atoms. The van der Waals surface area contributed by atoms with E-state index in [-0.39, 0.29) is 6.04 Å². The molecule has 5 nitrogen and oxygen atoms in total. The number of rotatable bonds is 1. The van der Waals surface area contributed by atoms with E-state index in [2.05, 4.69) is 10.1 Å². The van der Waals surface area contributed by atoms with E-state index >= 15 is 0 Å². The highest BCUT2D eigenvalue weighted by molar-refractivity contribution is 5.77. The summed E-state index contributed by atoms with van der Waals surface area (Å²) >= 11 is 0. The summed E-state index contributed by atoms with van der Waals surface area (Å²) in [5.74, 6) is -0.550. The minimum absolute atomic E-state index is 0.288. The van der Waals surface area contributed by atoms with Crippen LogP contribution in [0.25, 0.3) is 0 Å². The number of carbonyl (C=O) groups excluding carboxylic acids is 1. The van der Waals surface area contributed by atoms with Gasteiger partial charge in [-0.25, -0.2) is 0 Å². The molecule has 1 heterocycles. The molecule has 0 bridgehead atoms. The normalized spacial score (nSPS) is 41.3. The highest BCUT2D eigenvalue weighted by Gasteiger charge is 2.43. The first-order valence-corrected chi connectivity index (χ1v) is 3.78. The lowest BCUT2D eigenvalue weighted by molar-refractivity contribution is -0.145. The molecular weight excluding hydrogens is 162 g/mol. The van der Waals surface area contributed by atoms with Gasteiger partial charge in [0.2, 0.25) is 0 Å². The van der Waals surface area contributed by atoms with E-state index in [1.807, 2.05) is 0 Å². The van der Waals surface area contributed by atoms with Crippen LogP contribution in [0.1, 0.15) is 6.92 Å². The van der Waals surface area contributed by atoms with E-state index in [0.717, 1.165) is 0 Å². The van der Waals surface area contributed by atoms with Gasteiger partial charge < -0.3 is 14.9 Å². The van der Waals surface area contributed by atoms with Gasteiger partial charge in [0.1, 0.15) is 12.1 Å². The molecule has 0 radical (unpaired) electrons. The molecular formula is C7H13NO4. The van der Waals surface area contributed by atoms with Crippen molar-refractivity contribution in [3.8, 4) is 0 Å². The zero-order valence-corrected chi connectivity index (χ0v) is 7.02. The lowest BCUT2D eigenvalue weighted by Crippen LogP contribution is -2.41. The minimum Gasteiger partial charge on any atom is -0.468 e. The number of ether oxygens (including phenoxy) is 1. The Morgan fingerprint density at radius 2 is 2.00 bits per heavy atom. The number of esters is 1. The Morgan fingerprint density at radius 3 is 2.33 bits per heavy atom. The van der Waals surface area contributed by atoms with Crippen LogP contribution in [0.2, 0.25) is 0 Å². The molecule has 0 aromatic heterocycles. The maximum absolute atomic E-state index is 11.0. The Bertz CT molecular complexity index is 184. The summed E-state index contributed by atoms with van der Waals surface area (Å²) in [6, 6.07) is -1.09. The van der Waals surface area contributed by atoms with Crippen LogP contribution < -0.4 is 5.32 Å². The van der Waals surface area contributed by atoms with Crippen molar-refractivity contribution in [3.63, 3.8) is 0 Å². The average molecular weight is 175 g/mol. The fraction of sp³-hybridized carbons (Fsp3) is 0.857. The zero-order valence-electron chi connectivity index (χ0n) is 7.02. The molecule has 0 aliphatic carbocycles. The molecule has 1 fully saturated rings. The summed E-state index contributed by atoms with van der Waals surface area (Å²) in [5.41, 5.74) is 0. The quantitative estimate of drug-likeness (QED) is 0.411. The van der Waals surface area contributed by atoms with Crippen LogP contribution in [0.3, 0.4) is 0 Å². The van der Waals surface area contributed by atoms with Crippen LogP contribution in [0, 0.1) is 0 Å². The molecule has 5 heteroatoms. The molecule has 0 saturated carbocycles. The molecule has 0 aromatic rings. The lowest BCUT2D eigenvalue weighted by atomic mass is 10.1. The third kappa shape index (κ3) is 1.43. The molecule has 1 rings (SSSR count). The van der Waals surface area contributed by atoms with Gasteiger partial charge in [-0.2, -0.15) is 0 Å². The van der Waals surface area contributed by atoms with E-state index in [0.29, 0.717) is 0 Å². The van der Waals surface area contributed by atoms with Crippen LogP contribution in [-0.2, 0) is 9.53 Å². The molecule has 12 heavy (non-hydrogen) atoms. The van der Waals surface area contributed by atoms with Gasteiger partial charge in [-0.15, -0.1) is 0 Å². The molecule has 70 valence electrons. The number of methoxy groups -OCH3 is 1. The Morgan fingerprint density at radius 1 is 1.42 bits per heavy atom. The standard InChI is InChI=1S/C7H13NO4/c1-3-5(9)6(10)4(8-3)7(11)12-2/h3-6,8-10H,1-2H3. The summed E-state index contributed by atoms with van der Waals surface area (Å²) in [7, 11) is 1.24. The van der Waals surface area contributed by atoms with Gasteiger partial charge in [0.15, 0.2) is 0 Å². The topological polar surface area (TPSA) is 78.8 Å². The minimum atomic E-state index is -1.08. The van der Waals surface area contributed by atoms with Gasteiger partial charge in [-0.3, -0.25) is 10.1 Å². The molecule has 1 aliphatic rings. The van der Waals surface area contributed by atoms with Crippen LogP contribution in [0.15, 0.2) is 0 Å². The third-order valence-corrected chi connectivity index (χ3v) is 2.10. The molecule has 3 N–H and O–H groups in total. The van der Waals surface area contributed by atoms with Crippen molar-refractivity contribution in [2.24, 2.45) is 0 Å². The summed E-state index contributed by atoms with van der Waals surface area (Å²) < 4.78 is 4.43. The fourth-order valence-corrected chi connectivity index (χ4v) is 1.31. The van der Waals surface area contributed by atoms with Crippen molar-refractivity contribution in [2.75, 3.05) is 7.11 Å². The second-order valence-corrected chi connectivity index (χ2v) is 2.94. The van der Waals surface area contributed by atoms with Gasteiger partial charge in [0.25, 0.3) is 0 Å². The van der Waals surface area contributed by atoms with Crippen molar-refractivity contribution in [1.82, 2.24) is 5.32 Å². The largest absolute Gasteiger partial charge is 0.468 e. The fourth-order valence-electron chi connectivity index (χ4n) is 1.31. The Kier molecular flexibility index (Phi) is 2.66. The zero-order chi connectivity index (χ0) is 9.30. The van der Waals surface area contributed by atoms with E-state index < -0.39 is 24.2 Å². The SMILES string of the molecule is COC(=O)C1NC(C)C(O)C1O. The number of hydrogen-bond donors (Lipinski definition) is 3. The van der Waals surface area contributed by atoms with Gasteiger partial charge in [0.05, 0.1) is 13.2 Å². The second kappa shape index (κ2) is 3.38. The van der Waals surface area contributed by atoms with Crippen LogP contribution in [0.5, 0.6) is 0 Å². The van der Waals surface area contributed by atoms with E-state index in [9.17, 15) is 15.0 Å². The Labute approximate surface area is 70.3 Å². The molecule has 0 amide bonds. The highest BCUT2D eigenvalue weighted by Crippen LogP contribution is 2.14. The maximum Gasteiger partial charge on any atom is 0.325 e. The predicted molar refractivity (Wildman–Crippen MR) is 40.4 cm³/mol. The van der Waals surface area contributed by atoms with Crippen molar-refractivity contribution in [1.29, 1.82) is 0 Å². The first-order valence-electron chi connectivity index (χ1n) is 3.78. The van der Waals surface area contributed by atoms with Crippen molar-refractivity contribution < 1.29 is 19.7 Å². The first-order chi connectivity index (χ1) is 5.57. The molecule has 1 saturated heterocycles. The highest BCUT2D eigenvalue weighted by atomic mass is 16.5. The summed E-state index contributed by atoms with van der Waals surface area (Å²) in [4.78, 5) is 11.0. The van der Waals surface area contributed by atoms with Gasteiger partial charge in [-0.05, 0) is 6.92 Å². The molecule has 4 unspecified atom stereocenters. The summed E-state index contributed by atoms with van der Waals surface area (Å²) in [6.45, 7) is 1.69. The van der Waals surface area contributed by atoms with Crippen molar-refractivity contribution in [2.45, 2.75) is 31.2 Å². The van der Waals surface area contributed by atoms with Crippen LogP contribution >= 0.6 is 0 Å². The molecule has 0 aromatic carbocycles. The number of aliphatic hydroxyl groups excluding tert-OH is 2. The Balaban J connectivity index is 2.64. The summed E-state index contributed by atoms with van der Waals surface area (Å²) in [5, 5.41) is 21.3. The van der Waals surface area contributed by atoms with Gasteiger partial charge >= 0.3 is 5.97 Å². The second-order valence-electron chi connectivity index (χ2n) is 2.94. The van der Waals surface area contributed by atoms with Crippen molar-refractivity contribution >= 4 is 5.97 Å². The predicted octanol–water partition coefficient (Wildman–Crippen LogP) is -1.76. The average Bonchev–Trinajstić information content (AvgIpc) is 2.32. The number of aliphatic hydroxyl groups is 2. The number of hydrogen-bond acceptors (Lipinski definition) is 5. The number of nitrogens with one attached hydrogen (secondary N) is 1. The first kappa shape index (κ1) is 9.44. The number of carbonyl (C=O) groups is 1. The lowest BCUT2D eigenvalue weighted by Gasteiger charge is -2.12. The Hall–Kier alpha value is -0.650. The smallest absolute Gasteiger partial charge is 0.325 e. The van der Waals surface area contributed by atoms with Crippen LogP contribution in [-0.4, -0.2) is 47.6 Å². The maximum atomic E-state index is 11.0. The molecule has 1 aliphatic heterocycles. The molecule has 4 atom stereocenters. The van der Waals surface area contributed by atoms with E-state index in [4.69, 9.17) is 0 Å². The summed E-state index contributed by atoms with van der Waals surface area (Å²) in [6.07, 6.45) is -1.98. The van der Waals surface area contributed by atoms with Gasteiger partial charge in [-0.1, -0.05) is 0 Å².